The van der Waals surface area contributed by atoms with E-state index in [4.69, 9.17) is 0 Å². The number of amides is 2. The normalized spacial score (nSPS) is 21.9. The fraction of sp³-hybridized carbons (Fsp3) is 0.533. The molecule has 1 aromatic heterocycles. The lowest BCUT2D eigenvalue weighted by molar-refractivity contribution is -0.150. The molecule has 6 nitrogen and oxygen atoms in total. The van der Waals surface area contributed by atoms with Crippen LogP contribution >= 0.6 is 0 Å². The van der Waals surface area contributed by atoms with E-state index >= 15 is 0 Å². The van der Waals surface area contributed by atoms with E-state index in [9.17, 15) is 14.7 Å². The van der Waals surface area contributed by atoms with Gasteiger partial charge in [-0.3, -0.25) is 4.98 Å². The summed E-state index contributed by atoms with van der Waals surface area (Å²) in [4.78, 5) is 29.1. The van der Waals surface area contributed by atoms with Gasteiger partial charge in [-0.15, -0.1) is 0 Å². The first-order valence-electron chi connectivity index (χ1n) is 7.22. The van der Waals surface area contributed by atoms with E-state index in [-0.39, 0.29) is 6.03 Å². The average molecular weight is 291 g/mol. The number of carbonyl (C=O) groups is 2. The zero-order chi connectivity index (χ0) is 15.3. The van der Waals surface area contributed by atoms with Crippen LogP contribution in [-0.4, -0.2) is 45.6 Å². The fourth-order valence-electron chi connectivity index (χ4n) is 2.63. The molecule has 1 aliphatic heterocycles. The molecule has 0 spiro atoms. The van der Waals surface area contributed by atoms with Gasteiger partial charge in [-0.1, -0.05) is 0 Å². The van der Waals surface area contributed by atoms with Crippen molar-refractivity contribution in [2.45, 2.75) is 38.1 Å². The third-order valence-corrected chi connectivity index (χ3v) is 4.04. The SMILES string of the molecule is CC1(C(=O)O)CCCCN1C(=O)NCCc1ccncc1. The van der Waals surface area contributed by atoms with Crippen molar-refractivity contribution in [3.63, 3.8) is 0 Å². The van der Waals surface area contributed by atoms with E-state index in [2.05, 4.69) is 10.3 Å². The topological polar surface area (TPSA) is 82.5 Å². The number of nitrogens with one attached hydrogen (secondary N) is 1. The second kappa shape index (κ2) is 6.56. The smallest absolute Gasteiger partial charge is 0.329 e. The molecule has 0 radical (unpaired) electrons. The minimum Gasteiger partial charge on any atom is -0.480 e. The molecule has 114 valence electrons. The molecule has 0 aliphatic carbocycles. The second-order valence-corrected chi connectivity index (χ2v) is 5.53. The Balaban J connectivity index is 1.91. The molecule has 0 aromatic carbocycles. The molecule has 1 atom stereocenters. The van der Waals surface area contributed by atoms with Gasteiger partial charge in [-0.2, -0.15) is 0 Å². The molecule has 6 heteroatoms. The Kier molecular flexibility index (Phi) is 4.77. The van der Waals surface area contributed by atoms with Crippen LogP contribution in [0.15, 0.2) is 24.5 Å². The molecule has 21 heavy (non-hydrogen) atoms. The lowest BCUT2D eigenvalue weighted by Gasteiger charge is -2.41. The van der Waals surface area contributed by atoms with E-state index in [0.717, 1.165) is 18.4 Å². The summed E-state index contributed by atoms with van der Waals surface area (Å²) in [6.45, 7) is 2.59. The summed E-state index contributed by atoms with van der Waals surface area (Å²) >= 11 is 0. The number of carboxylic acids is 1. The third kappa shape index (κ3) is 3.51. The number of likely N-dealkylation sites (tertiary alicyclic amines) is 1. The first-order valence-corrected chi connectivity index (χ1v) is 7.22. The Morgan fingerprint density at radius 1 is 1.38 bits per heavy atom. The minimum atomic E-state index is -1.10. The second-order valence-electron chi connectivity index (χ2n) is 5.53. The lowest BCUT2D eigenvalue weighted by atomic mass is 9.89. The van der Waals surface area contributed by atoms with Gasteiger partial charge >= 0.3 is 12.0 Å². The number of carbonyl (C=O) groups excluding carboxylic acids is 1. The summed E-state index contributed by atoms with van der Waals surface area (Å²) < 4.78 is 0. The largest absolute Gasteiger partial charge is 0.480 e. The standard InChI is InChI=1S/C15H21N3O3/c1-15(13(19)20)7-2-3-11-18(15)14(21)17-10-6-12-4-8-16-9-5-12/h4-5,8-9H,2-3,6-7,10-11H2,1H3,(H,17,21)(H,19,20). The van der Waals surface area contributed by atoms with E-state index in [1.54, 1.807) is 19.3 Å². The van der Waals surface area contributed by atoms with Crippen LogP contribution in [-0.2, 0) is 11.2 Å². The van der Waals surface area contributed by atoms with Gasteiger partial charge in [-0.05, 0) is 50.3 Å². The molecule has 1 fully saturated rings. The molecule has 2 amide bonds. The number of carboxylic acid groups (broad SMARTS) is 1. The Bertz CT molecular complexity index is 506. The maximum Gasteiger partial charge on any atom is 0.329 e. The predicted octanol–water partition coefficient (Wildman–Crippen LogP) is 1.66. The predicted molar refractivity (Wildman–Crippen MR) is 77.9 cm³/mol. The molecule has 1 aliphatic rings. The highest BCUT2D eigenvalue weighted by Crippen LogP contribution is 2.28. The number of aromatic nitrogens is 1. The summed E-state index contributed by atoms with van der Waals surface area (Å²) in [7, 11) is 0. The van der Waals surface area contributed by atoms with Gasteiger partial charge in [0.05, 0.1) is 0 Å². The number of rotatable bonds is 4. The number of urea groups is 1. The van der Waals surface area contributed by atoms with Gasteiger partial charge in [0.25, 0.3) is 0 Å². The van der Waals surface area contributed by atoms with Crippen molar-refractivity contribution in [2.24, 2.45) is 0 Å². The lowest BCUT2D eigenvalue weighted by Crippen LogP contribution is -2.60. The van der Waals surface area contributed by atoms with E-state index in [1.165, 1.54) is 4.90 Å². The van der Waals surface area contributed by atoms with E-state index < -0.39 is 11.5 Å². The van der Waals surface area contributed by atoms with Crippen LogP contribution in [0.25, 0.3) is 0 Å². The molecule has 2 heterocycles. The Morgan fingerprint density at radius 3 is 2.76 bits per heavy atom. The molecule has 0 saturated carbocycles. The summed E-state index contributed by atoms with van der Waals surface area (Å²) in [5.74, 6) is -0.938. The van der Waals surface area contributed by atoms with Crippen molar-refractivity contribution < 1.29 is 14.7 Å². The molecular weight excluding hydrogens is 270 g/mol. The van der Waals surface area contributed by atoms with Crippen LogP contribution in [0, 0.1) is 0 Å². The van der Waals surface area contributed by atoms with Crippen molar-refractivity contribution >= 4 is 12.0 Å². The van der Waals surface area contributed by atoms with Gasteiger partial charge in [0, 0.05) is 25.5 Å². The Hall–Kier alpha value is -2.11. The maximum absolute atomic E-state index is 12.2. The summed E-state index contributed by atoms with van der Waals surface area (Å²) in [6, 6.07) is 3.50. The third-order valence-electron chi connectivity index (χ3n) is 4.04. The Morgan fingerprint density at radius 2 is 2.10 bits per heavy atom. The zero-order valence-corrected chi connectivity index (χ0v) is 12.2. The number of nitrogens with zero attached hydrogens (tertiary/aromatic N) is 2. The van der Waals surface area contributed by atoms with Crippen molar-refractivity contribution in [1.82, 2.24) is 15.2 Å². The summed E-state index contributed by atoms with van der Waals surface area (Å²) in [5, 5.41) is 12.2. The van der Waals surface area contributed by atoms with Crippen LogP contribution in [0.2, 0.25) is 0 Å². The first-order chi connectivity index (χ1) is 10.0. The molecule has 2 N–H and O–H groups in total. The number of aliphatic carboxylic acids is 1. The minimum absolute atomic E-state index is 0.298. The molecule has 1 saturated heterocycles. The molecular formula is C15H21N3O3. The van der Waals surface area contributed by atoms with Crippen LogP contribution in [0.1, 0.15) is 31.7 Å². The summed E-state index contributed by atoms with van der Waals surface area (Å²) in [5.41, 5.74) is -0.0103. The first kappa shape index (κ1) is 15.3. The molecule has 0 bridgehead atoms. The highest BCUT2D eigenvalue weighted by Gasteiger charge is 2.43. The quantitative estimate of drug-likeness (QED) is 0.884. The monoisotopic (exact) mass is 291 g/mol. The maximum atomic E-state index is 12.2. The van der Waals surface area contributed by atoms with Crippen molar-refractivity contribution in [3.05, 3.63) is 30.1 Å². The summed E-state index contributed by atoms with van der Waals surface area (Å²) in [6.07, 6.45) is 6.31. The highest BCUT2D eigenvalue weighted by molar-refractivity contribution is 5.86. The molecule has 2 rings (SSSR count). The number of pyridine rings is 1. The van der Waals surface area contributed by atoms with Gasteiger partial charge in [0.2, 0.25) is 0 Å². The average Bonchev–Trinajstić information content (AvgIpc) is 2.48. The van der Waals surface area contributed by atoms with Crippen molar-refractivity contribution in [3.8, 4) is 0 Å². The molecule has 1 unspecified atom stereocenters. The highest BCUT2D eigenvalue weighted by atomic mass is 16.4. The van der Waals surface area contributed by atoms with Crippen molar-refractivity contribution in [1.29, 1.82) is 0 Å². The van der Waals surface area contributed by atoms with Crippen molar-refractivity contribution in [2.75, 3.05) is 13.1 Å². The van der Waals surface area contributed by atoms with Crippen LogP contribution in [0.4, 0.5) is 4.79 Å². The van der Waals surface area contributed by atoms with E-state index in [0.29, 0.717) is 25.9 Å². The van der Waals surface area contributed by atoms with Crippen LogP contribution < -0.4 is 5.32 Å². The Labute approximate surface area is 124 Å². The number of hydrogen-bond donors (Lipinski definition) is 2. The van der Waals surface area contributed by atoms with Crippen LogP contribution in [0.5, 0.6) is 0 Å². The number of hydrogen-bond acceptors (Lipinski definition) is 3. The van der Waals surface area contributed by atoms with Crippen LogP contribution in [0.3, 0.4) is 0 Å². The van der Waals surface area contributed by atoms with Gasteiger partial charge in [-0.25, -0.2) is 9.59 Å². The zero-order valence-electron chi connectivity index (χ0n) is 12.2. The molecule has 1 aromatic rings. The van der Waals surface area contributed by atoms with Gasteiger partial charge in [0.1, 0.15) is 5.54 Å². The van der Waals surface area contributed by atoms with Gasteiger partial charge in [0.15, 0.2) is 0 Å². The van der Waals surface area contributed by atoms with E-state index in [1.807, 2.05) is 12.1 Å². The number of piperidine rings is 1. The van der Waals surface area contributed by atoms with Gasteiger partial charge < -0.3 is 15.3 Å². The fourth-order valence-corrected chi connectivity index (χ4v) is 2.63.